The van der Waals surface area contributed by atoms with Crippen LogP contribution in [0.1, 0.15) is 6.92 Å². The highest BCUT2D eigenvalue weighted by Crippen LogP contribution is 2.32. The molecule has 1 aromatic heterocycles. The highest BCUT2D eigenvalue weighted by atomic mass is 32.2. The van der Waals surface area contributed by atoms with Crippen molar-refractivity contribution in [2.75, 3.05) is 5.75 Å². The quantitative estimate of drug-likeness (QED) is 0.517. The number of carbonyl (C=O) groups is 1. The van der Waals surface area contributed by atoms with Crippen molar-refractivity contribution < 1.29 is 14.8 Å². The SMILES string of the molecule is CC(CSc1ccnc2c([N+](=O)[O-])cccc12)C(=O)O. The minimum atomic E-state index is -0.859. The van der Waals surface area contributed by atoms with Crippen molar-refractivity contribution in [1.29, 1.82) is 0 Å². The first-order valence-electron chi connectivity index (χ1n) is 5.88. The Bertz CT molecular complexity index is 674. The fourth-order valence-corrected chi connectivity index (χ4v) is 2.74. The summed E-state index contributed by atoms with van der Waals surface area (Å²) in [5.74, 6) is -0.944. The molecule has 2 aromatic rings. The van der Waals surface area contributed by atoms with Gasteiger partial charge >= 0.3 is 5.97 Å². The molecule has 0 amide bonds. The first-order chi connectivity index (χ1) is 9.50. The average molecular weight is 292 g/mol. The molecule has 2 rings (SSSR count). The van der Waals surface area contributed by atoms with Gasteiger partial charge < -0.3 is 5.11 Å². The maximum Gasteiger partial charge on any atom is 0.307 e. The fraction of sp³-hybridized carbons (Fsp3) is 0.231. The van der Waals surface area contributed by atoms with E-state index in [2.05, 4.69) is 4.98 Å². The van der Waals surface area contributed by atoms with Gasteiger partial charge in [0.25, 0.3) is 5.69 Å². The van der Waals surface area contributed by atoms with Gasteiger partial charge in [0.1, 0.15) is 5.52 Å². The summed E-state index contributed by atoms with van der Waals surface area (Å²) in [4.78, 5) is 26.2. The van der Waals surface area contributed by atoms with Crippen LogP contribution in [0.2, 0.25) is 0 Å². The highest BCUT2D eigenvalue weighted by molar-refractivity contribution is 7.99. The summed E-state index contributed by atoms with van der Waals surface area (Å²) in [6, 6.07) is 6.50. The van der Waals surface area contributed by atoms with Crippen LogP contribution in [-0.2, 0) is 4.79 Å². The Kier molecular flexibility index (Phi) is 4.19. The summed E-state index contributed by atoms with van der Waals surface area (Å²) >= 11 is 1.36. The number of fused-ring (bicyclic) bond motifs is 1. The zero-order chi connectivity index (χ0) is 14.7. The molecule has 0 saturated heterocycles. The topological polar surface area (TPSA) is 93.3 Å². The van der Waals surface area contributed by atoms with Gasteiger partial charge in [-0.05, 0) is 6.07 Å². The van der Waals surface area contributed by atoms with E-state index < -0.39 is 16.8 Å². The third kappa shape index (κ3) is 2.88. The molecule has 0 aliphatic carbocycles. The van der Waals surface area contributed by atoms with Crippen molar-refractivity contribution in [2.45, 2.75) is 11.8 Å². The number of hydrogen-bond acceptors (Lipinski definition) is 5. The van der Waals surface area contributed by atoms with Gasteiger partial charge in [-0.15, -0.1) is 11.8 Å². The number of nitrogens with zero attached hydrogens (tertiary/aromatic N) is 2. The number of hydrogen-bond donors (Lipinski definition) is 1. The molecule has 0 aliphatic rings. The molecule has 1 aromatic carbocycles. The van der Waals surface area contributed by atoms with E-state index in [9.17, 15) is 14.9 Å². The van der Waals surface area contributed by atoms with E-state index in [-0.39, 0.29) is 5.69 Å². The summed E-state index contributed by atoms with van der Waals surface area (Å²) in [5.41, 5.74) is 0.279. The molecule has 0 aliphatic heterocycles. The molecule has 0 bridgehead atoms. The fourth-order valence-electron chi connectivity index (χ4n) is 1.69. The monoisotopic (exact) mass is 292 g/mol. The highest BCUT2D eigenvalue weighted by Gasteiger charge is 2.16. The number of pyridine rings is 1. The molecular formula is C13H12N2O4S. The number of carboxylic acid groups (broad SMARTS) is 1. The van der Waals surface area contributed by atoms with Crippen LogP contribution in [-0.4, -0.2) is 26.7 Å². The molecule has 0 spiro atoms. The van der Waals surface area contributed by atoms with Gasteiger partial charge in [-0.2, -0.15) is 0 Å². The molecule has 20 heavy (non-hydrogen) atoms. The van der Waals surface area contributed by atoms with Gasteiger partial charge in [0.2, 0.25) is 0 Å². The number of thioether (sulfide) groups is 1. The molecule has 0 radical (unpaired) electrons. The Balaban J connectivity index is 2.38. The number of para-hydroxylation sites is 1. The first kappa shape index (κ1) is 14.3. The van der Waals surface area contributed by atoms with Crippen LogP contribution >= 0.6 is 11.8 Å². The Morgan fingerprint density at radius 1 is 1.50 bits per heavy atom. The predicted molar refractivity (Wildman–Crippen MR) is 75.9 cm³/mol. The normalized spacial score (nSPS) is 12.2. The summed E-state index contributed by atoms with van der Waals surface area (Å²) in [7, 11) is 0. The van der Waals surface area contributed by atoms with Gasteiger partial charge in [-0.1, -0.05) is 19.1 Å². The van der Waals surface area contributed by atoms with E-state index >= 15 is 0 Å². The van der Waals surface area contributed by atoms with Gasteiger partial charge in [-0.3, -0.25) is 14.9 Å². The molecule has 1 N–H and O–H groups in total. The largest absolute Gasteiger partial charge is 0.481 e. The second-order valence-corrected chi connectivity index (χ2v) is 5.35. The predicted octanol–water partition coefficient (Wildman–Crippen LogP) is 2.96. The molecule has 0 fully saturated rings. The van der Waals surface area contributed by atoms with E-state index in [1.165, 1.54) is 24.0 Å². The Morgan fingerprint density at radius 3 is 2.90 bits per heavy atom. The van der Waals surface area contributed by atoms with E-state index in [1.54, 1.807) is 25.1 Å². The standard InChI is InChI=1S/C13H12N2O4S/c1-8(13(16)17)7-20-11-5-6-14-12-9(11)3-2-4-10(12)15(18)19/h2-6,8H,7H2,1H3,(H,16,17). The number of aliphatic carboxylic acids is 1. The minimum Gasteiger partial charge on any atom is -0.481 e. The van der Waals surface area contributed by atoms with Crippen LogP contribution in [0.3, 0.4) is 0 Å². The lowest BCUT2D eigenvalue weighted by Gasteiger charge is -2.08. The number of rotatable bonds is 5. The van der Waals surface area contributed by atoms with Crippen LogP contribution in [0.5, 0.6) is 0 Å². The lowest BCUT2D eigenvalue weighted by Crippen LogP contribution is -2.11. The maximum absolute atomic E-state index is 11.0. The van der Waals surface area contributed by atoms with Gasteiger partial charge in [0.05, 0.1) is 10.8 Å². The minimum absolute atomic E-state index is 0.0452. The van der Waals surface area contributed by atoms with Crippen molar-refractivity contribution >= 4 is 34.3 Å². The summed E-state index contributed by atoms with van der Waals surface area (Å²) in [6.07, 6.45) is 1.50. The molecule has 6 nitrogen and oxygen atoms in total. The molecule has 104 valence electrons. The summed E-state index contributed by atoms with van der Waals surface area (Å²) < 4.78 is 0. The summed E-state index contributed by atoms with van der Waals surface area (Å²) in [6.45, 7) is 1.63. The van der Waals surface area contributed by atoms with Gasteiger partial charge in [0.15, 0.2) is 0 Å². The number of nitro groups is 1. The van der Waals surface area contributed by atoms with Crippen molar-refractivity contribution in [3.05, 3.63) is 40.6 Å². The molecular weight excluding hydrogens is 280 g/mol. The molecule has 1 heterocycles. The van der Waals surface area contributed by atoms with Crippen LogP contribution in [0.4, 0.5) is 5.69 Å². The second kappa shape index (κ2) is 5.87. The van der Waals surface area contributed by atoms with Crippen molar-refractivity contribution in [3.8, 4) is 0 Å². The van der Waals surface area contributed by atoms with Crippen molar-refractivity contribution in [1.82, 2.24) is 4.98 Å². The third-order valence-electron chi connectivity index (χ3n) is 2.82. The average Bonchev–Trinajstić information content (AvgIpc) is 2.43. The van der Waals surface area contributed by atoms with Crippen molar-refractivity contribution in [2.24, 2.45) is 5.92 Å². The number of aromatic nitrogens is 1. The van der Waals surface area contributed by atoms with Crippen LogP contribution < -0.4 is 0 Å². The summed E-state index contributed by atoms with van der Waals surface area (Å²) in [5, 5.41) is 20.5. The van der Waals surface area contributed by atoms with Gasteiger partial charge in [0, 0.05) is 28.3 Å². The zero-order valence-corrected chi connectivity index (χ0v) is 11.5. The second-order valence-electron chi connectivity index (χ2n) is 4.29. The van der Waals surface area contributed by atoms with E-state index in [0.29, 0.717) is 16.7 Å². The maximum atomic E-state index is 11.0. The molecule has 7 heteroatoms. The Morgan fingerprint density at radius 2 is 2.25 bits per heavy atom. The Labute approximate surface area is 119 Å². The number of nitro benzene ring substituents is 1. The lowest BCUT2D eigenvalue weighted by molar-refractivity contribution is -0.383. The Hall–Kier alpha value is -2.15. The first-order valence-corrected chi connectivity index (χ1v) is 6.87. The third-order valence-corrected chi connectivity index (χ3v) is 4.15. The lowest BCUT2D eigenvalue weighted by atomic mass is 10.2. The number of carboxylic acids is 1. The number of non-ortho nitro benzene ring substituents is 1. The van der Waals surface area contributed by atoms with E-state index in [4.69, 9.17) is 5.11 Å². The number of benzene rings is 1. The van der Waals surface area contributed by atoms with Gasteiger partial charge in [-0.25, -0.2) is 4.98 Å². The van der Waals surface area contributed by atoms with Crippen LogP contribution in [0, 0.1) is 16.0 Å². The van der Waals surface area contributed by atoms with Crippen LogP contribution in [0.15, 0.2) is 35.4 Å². The van der Waals surface area contributed by atoms with Crippen molar-refractivity contribution in [3.63, 3.8) is 0 Å². The zero-order valence-electron chi connectivity index (χ0n) is 10.6. The van der Waals surface area contributed by atoms with Crippen LogP contribution in [0.25, 0.3) is 10.9 Å². The molecule has 1 atom stereocenters. The molecule has 0 saturated carbocycles. The van der Waals surface area contributed by atoms with E-state index in [1.807, 2.05) is 0 Å². The van der Waals surface area contributed by atoms with E-state index in [0.717, 1.165) is 4.90 Å². The smallest absolute Gasteiger partial charge is 0.307 e. The molecule has 1 unspecified atom stereocenters.